The van der Waals surface area contributed by atoms with Crippen LogP contribution < -0.4 is 9.91 Å². The number of amides is 1. The first-order valence-corrected chi connectivity index (χ1v) is 8.49. The van der Waals surface area contributed by atoms with Crippen LogP contribution in [0.15, 0.2) is 59.3 Å². The minimum atomic E-state index is -0.354. The quantitative estimate of drug-likeness (QED) is 0.780. The molecule has 0 saturated carbocycles. The highest BCUT2D eigenvalue weighted by molar-refractivity contribution is 6.37. The van der Waals surface area contributed by atoms with Crippen molar-refractivity contribution in [3.05, 3.63) is 59.8 Å². The van der Waals surface area contributed by atoms with Gasteiger partial charge in [0.2, 0.25) is 0 Å². The molecule has 2 heterocycles. The summed E-state index contributed by atoms with van der Waals surface area (Å²) in [5.74, 6) is 0.0404. The summed E-state index contributed by atoms with van der Waals surface area (Å²) in [6, 6.07) is 15.1. The van der Waals surface area contributed by atoms with Crippen LogP contribution in [0.25, 0.3) is 6.08 Å². The Morgan fingerprint density at radius 1 is 1.15 bits per heavy atom. The highest BCUT2D eigenvalue weighted by Crippen LogP contribution is 2.24. The molecule has 130 valence electrons. The zero-order valence-corrected chi connectivity index (χ0v) is 14.8. The molecule has 0 N–H and O–H groups in total. The number of nitrogens with zero attached hydrogens (tertiary/aromatic N) is 5. The summed E-state index contributed by atoms with van der Waals surface area (Å²) in [7, 11) is 0. The largest absolute Gasteiger partial charge is 0.372 e. The Bertz CT molecular complexity index is 890. The second-order valence-corrected chi connectivity index (χ2v) is 5.69. The second-order valence-electron chi connectivity index (χ2n) is 5.69. The van der Waals surface area contributed by atoms with Crippen molar-refractivity contribution in [3.8, 4) is 6.07 Å². The molecule has 1 aromatic carbocycles. The maximum atomic E-state index is 12.7. The second kappa shape index (κ2) is 7.62. The molecule has 0 bridgehead atoms. The van der Waals surface area contributed by atoms with Crippen molar-refractivity contribution in [1.82, 2.24) is 4.98 Å². The van der Waals surface area contributed by atoms with E-state index in [1.807, 2.05) is 30.3 Å². The number of carbonyl (C=O) groups excluding carboxylic acids is 1. The maximum absolute atomic E-state index is 12.7. The molecule has 0 saturated heterocycles. The van der Waals surface area contributed by atoms with Gasteiger partial charge in [-0.3, -0.25) is 4.79 Å². The molecule has 2 aromatic rings. The lowest BCUT2D eigenvalue weighted by atomic mass is 10.1. The summed E-state index contributed by atoms with van der Waals surface area (Å²) >= 11 is 0. The third-order valence-corrected chi connectivity index (χ3v) is 4.18. The number of hydrazone groups is 1. The molecule has 1 aliphatic heterocycles. The molecule has 0 spiro atoms. The van der Waals surface area contributed by atoms with Gasteiger partial charge in [0.1, 0.15) is 6.07 Å². The van der Waals surface area contributed by atoms with Crippen LogP contribution in [0.3, 0.4) is 0 Å². The van der Waals surface area contributed by atoms with Crippen LogP contribution >= 0.6 is 0 Å². The average molecular weight is 345 g/mol. The fourth-order valence-corrected chi connectivity index (χ4v) is 2.80. The maximum Gasteiger partial charge on any atom is 0.283 e. The van der Waals surface area contributed by atoms with E-state index in [1.165, 1.54) is 0 Å². The first-order chi connectivity index (χ1) is 12.7. The van der Waals surface area contributed by atoms with Gasteiger partial charge in [-0.2, -0.15) is 15.4 Å². The van der Waals surface area contributed by atoms with Crippen molar-refractivity contribution in [3.63, 3.8) is 0 Å². The lowest BCUT2D eigenvalue weighted by molar-refractivity contribution is -0.114. The van der Waals surface area contributed by atoms with Crippen LogP contribution in [0, 0.1) is 11.3 Å². The average Bonchev–Trinajstić information content (AvgIpc) is 3.00. The molecule has 0 atom stereocenters. The highest BCUT2D eigenvalue weighted by Gasteiger charge is 2.31. The molecule has 0 fully saturated rings. The van der Waals surface area contributed by atoms with Gasteiger partial charge < -0.3 is 4.90 Å². The van der Waals surface area contributed by atoms with Crippen molar-refractivity contribution >= 4 is 29.2 Å². The summed E-state index contributed by atoms with van der Waals surface area (Å²) in [5.41, 5.74) is 2.33. The van der Waals surface area contributed by atoms with E-state index in [0.717, 1.165) is 29.3 Å². The van der Waals surface area contributed by atoms with Crippen LogP contribution in [0.4, 0.5) is 11.5 Å². The fourth-order valence-electron chi connectivity index (χ4n) is 2.80. The molecule has 6 nitrogen and oxygen atoms in total. The summed E-state index contributed by atoms with van der Waals surface area (Å²) in [6.07, 6.45) is 3.27. The van der Waals surface area contributed by atoms with Crippen LogP contribution in [0.5, 0.6) is 0 Å². The number of pyridine rings is 1. The monoisotopic (exact) mass is 345 g/mol. The molecule has 1 amide bonds. The molecule has 0 radical (unpaired) electrons. The number of rotatable bonds is 5. The Morgan fingerprint density at radius 3 is 2.46 bits per heavy atom. The van der Waals surface area contributed by atoms with Crippen molar-refractivity contribution in [2.24, 2.45) is 5.10 Å². The third-order valence-electron chi connectivity index (χ3n) is 4.18. The molecule has 6 heteroatoms. The molecule has 1 aliphatic rings. The van der Waals surface area contributed by atoms with Gasteiger partial charge in [0.15, 0.2) is 11.5 Å². The number of hydrogen-bond acceptors (Lipinski definition) is 5. The third kappa shape index (κ3) is 3.33. The van der Waals surface area contributed by atoms with Crippen molar-refractivity contribution in [2.45, 2.75) is 13.8 Å². The molecule has 3 rings (SSSR count). The minimum Gasteiger partial charge on any atom is -0.372 e. The van der Waals surface area contributed by atoms with E-state index in [4.69, 9.17) is 0 Å². The Hall–Kier alpha value is -3.46. The number of aromatic nitrogens is 1. The standard InChI is InChI=1S/C20H19N5O/c1-3-24(4-2)16-10-8-15(9-11-16)13-17-18(14-21)23-25(20(17)26)19-7-5-6-12-22-19/h5-13H,3-4H2,1-2H3/b17-13-. The van der Waals surface area contributed by atoms with Crippen LogP contribution in [-0.4, -0.2) is 29.7 Å². The van der Waals surface area contributed by atoms with E-state index in [9.17, 15) is 10.1 Å². The van der Waals surface area contributed by atoms with Crippen molar-refractivity contribution in [1.29, 1.82) is 5.26 Å². The van der Waals surface area contributed by atoms with Gasteiger partial charge in [0.25, 0.3) is 5.91 Å². The van der Waals surface area contributed by atoms with E-state index in [1.54, 1.807) is 30.5 Å². The van der Waals surface area contributed by atoms with Gasteiger partial charge in [0.05, 0.1) is 5.57 Å². The number of anilines is 2. The van der Waals surface area contributed by atoms with Crippen molar-refractivity contribution < 1.29 is 4.79 Å². The molecule has 0 aliphatic carbocycles. The van der Waals surface area contributed by atoms with E-state index in [-0.39, 0.29) is 17.2 Å². The Kier molecular flexibility index (Phi) is 5.09. The molecule has 1 aromatic heterocycles. The van der Waals surface area contributed by atoms with E-state index < -0.39 is 0 Å². The van der Waals surface area contributed by atoms with E-state index >= 15 is 0 Å². The normalized spacial score (nSPS) is 15.1. The zero-order valence-electron chi connectivity index (χ0n) is 14.8. The fraction of sp³-hybridized carbons (Fsp3) is 0.200. The van der Waals surface area contributed by atoms with Gasteiger partial charge in [0, 0.05) is 25.0 Å². The Balaban J connectivity index is 1.90. The van der Waals surface area contributed by atoms with Gasteiger partial charge in [-0.25, -0.2) is 4.98 Å². The molecular formula is C20H19N5O. The first kappa shape index (κ1) is 17.4. The summed E-state index contributed by atoms with van der Waals surface area (Å²) in [6.45, 7) is 6.08. The summed E-state index contributed by atoms with van der Waals surface area (Å²) in [5, 5.41) is 14.6. The Morgan fingerprint density at radius 2 is 1.88 bits per heavy atom. The van der Waals surface area contributed by atoms with Gasteiger partial charge in [-0.15, -0.1) is 0 Å². The molecule has 0 unspecified atom stereocenters. The van der Waals surface area contributed by atoms with Gasteiger partial charge >= 0.3 is 0 Å². The predicted octanol–water partition coefficient (Wildman–Crippen LogP) is 3.24. The summed E-state index contributed by atoms with van der Waals surface area (Å²) in [4.78, 5) is 19.1. The predicted molar refractivity (Wildman–Crippen MR) is 103 cm³/mol. The van der Waals surface area contributed by atoms with E-state index in [2.05, 4.69) is 28.8 Å². The highest BCUT2D eigenvalue weighted by atomic mass is 16.2. The lowest BCUT2D eigenvalue weighted by Crippen LogP contribution is -2.22. The number of carbonyl (C=O) groups is 1. The number of hydrogen-bond donors (Lipinski definition) is 0. The smallest absolute Gasteiger partial charge is 0.283 e. The SMILES string of the molecule is CCN(CC)c1ccc(/C=C2\C(=O)N(c3ccccn3)N=C2C#N)cc1. The first-order valence-electron chi connectivity index (χ1n) is 8.49. The van der Waals surface area contributed by atoms with Crippen LogP contribution in [0.2, 0.25) is 0 Å². The summed E-state index contributed by atoms with van der Waals surface area (Å²) < 4.78 is 0. The zero-order chi connectivity index (χ0) is 18.5. The van der Waals surface area contributed by atoms with Crippen LogP contribution in [-0.2, 0) is 4.79 Å². The minimum absolute atomic E-state index is 0.0912. The Labute approximate surface area is 152 Å². The van der Waals surface area contributed by atoms with Gasteiger partial charge in [-0.05, 0) is 49.8 Å². The number of benzene rings is 1. The van der Waals surface area contributed by atoms with Crippen molar-refractivity contribution in [2.75, 3.05) is 23.0 Å². The van der Waals surface area contributed by atoms with E-state index in [0.29, 0.717) is 5.82 Å². The number of nitriles is 1. The molecule has 26 heavy (non-hydrogen) atoms. The van der Waals surface area contributed by atoms with Gasteiger partial charge in [-0.1, -0.05) is 18.2 Å². The van der Waals surface area contributed by atoms with Crippen LogP contribution in [0.1, 0.15) is 19.4 Å². The molecular weight excluding hydrogens is 326 g/mol. The lowest BCUT2D eigenvalue weighted by Gasteiger charge is -2.20. The topological polar surface area (TPSA) is 72.6 Å².